The van der Waals surface area contributed by atoms with E-state index in [1.807, 2.05) is 72.4 Å². The summed E-state index contributed by atoms with van der Waals surface area (Å²) in [6.45, 7) is 2.86. The van der Waals surface area contributed by atoms with Crippen molar-refractivity contribution in [1.29, 1.82) is 0 Å². The zero-order chi connectivity index (χ0) is 21.1. The fraction of sp³-hybridized carbons (Fsp3) is 0.304. The first-order valence-electron chi connectivity index (χ1n) is 10.1. The van der Waals surface area contributed by atoms with Crippen LogP contribution in [0.3, 0.4) is 0 Å². The van der Waals surface area contributed by atoms with E-state index in [1.54, 1.807) is 7.11 Å². The number of carbonyl (C=O) groups is 1. The highest BCUT2D eigenvalue weighted by Gasteiger charge is 2.24. The van der Waals surface area contributed by atoms with Crippen molar-refractivity contribution in [2.24, 2.45) is 0 Å². The lowest BCUT2D eigenvalue weighted by Crippen LogP contribution is -2.49. The van der Waals surface area contributed by atoms with Crippen molar-refractivity contribution in [2.45, 2.75) is 0 Å². The molecule has 0 spiro atoms. The molecule has 1 aliphatic rings. The van der Waals surface area contributed by atoms with Crippen molar-refractivity contribution >= 4 is 17.4 Å². The number of amides is 1. The molecule has 1 aliphatic heterocycles. The minimum absolute atomic E-state index is 0.0827. The van der Waals surface area contributed by atoms with Crippen molar-refractivity contribution < 1.29 is 9.53 Å². The van der Waals surface area contributed by atoms with Gasteiger partial charge in [-0.3, -0.25) is 9.89 Å². The highest BCUT2D eigenvalue weighted by Crippen LogP contribution is 2.25. The first kappa shape index (κ1) is 19.8. The Hall–Kier alpha value is -3.48. The third-order valence-corrected chi connectivity index (χ3v) is 5.47. The van der Waals surface area contributed by atoms with Crippen LogP contribution in [-0.4, -0.2) is 68.4 Å². The Morgan fingerprint density at radius 2 is 1.77 bits per heavy atom. The molecule has 7 heteroatoms. The Bertz CT molecular complexity index is 1000. The zero-order valence-electron chi connectivity index (χ0n) is 17.6. The number of H-pyrrole nitrogens is 1. The summed E-state index contributed by atoms with van der Waals surface area (Å²) >= 11 is 0. The van der Waals surface area contributed by atoms with Gasteiger partial charge < -0.3 is 19.4 Å². The average molecular weight is 406 g/mol. The van der Waals surface area contributed by atoms with E-state index in [0.29, 0.717) is 13.1 Å². The van der Waals surface area contributed by atoms with E-state index in [-0.39, 0.29) is 5.91 Å². The van der Waals surface area contributed by atoms with Gasteiger partial charge in [-0.1, -0.05) is 6.07 Å². The summed E-state index contributed by atoms with van der Waals surface area (Å²) in [6.07, 6.45) is 0. The van der Waals surface area contributed by atoms with E-state index in [2.05, 4.69) is 21.2 Å². The average Bonchev–Trinajstić information content (AvgIpc) is 3.29. The van der Waals surface area contributed by atoms with Gasteiger partial charge in [0.2, 0.25) is 0 Å². The Balaban J connectivity index is 1.39. The molecule has 1 amide bonds. The molecule has 1 N–H and O–H groups in total. The van der Waals surface area contributed by atoms with Crippen LogP contribution in [0.5, 0.6) is 5.75 Å². The maximum absolute atomic E-state index is 12.9. The lowest BCUT2D eigenvalue weighted by atomic mass is 10.1. The Morgan fingerprint density at radius 3 is 2.43 bits per heavy atom. The van der Waals surface area contributed by atoms with E-state index in [9.17, 15) is 4.79 Å². The van der Waals surface area contributed by atoms with E-state index < -0.39 is 0 Å². The lowest BCUT2D eigenvalue weighted by molar-refractivity contribution is 0.0746. The molecule has 156 valence electrons. The molecule has 1 fully saturated rings. The Labute approximate surface area is 176 Å². The second kappa shape index (κ2) is 8.49. The quantitative estimate of drug-likeness (QED) is 0.707. The number of ether oxygens (including phenoxy) is 1. The standard InChI is InChI=1S/C23H27N5O2/c1-26(2)19-6-4-5-18(15-19)23(29)28-13-11-27(12-14-28)22-16-21(24-25-22)17-7-9-20(30-3)10-8-17/h4-10,15-16H,11-14H2,1-3H3,(H,24,25). The van der Waals surface area contributed by atoms with Crippen molar-refractivity contribution in [3.8, 4) is 17.0 Å². The number of nitrogens with zero attached hydrogens (tertiary/aromatic N) is 4. The van der Waals surface area contributed by atoms with Crippen LogP contribution < -0.4 is 14.5 Å². The molecule has 0 radical (unpaired) electrons. The summed E-state index contributed by atoms with van der Waals surface area (Å²) in [7, 11) is 5.62. The van der Waals surface area contributed by atoms with Gasteiger partial charge in [-0.15, -0.1) is 0 Å². The molecule has 0 saturated carbocycles. The third-order valence-electron chi connectivity index (χ3n) is 5.47. The van der Waals surface area contributed by atoms with E-state index in [0.717, 1.165) is 47.2 Å². The van der Waals surface area contributed by atoms with Crippen molar-refractivity contribution in [3.05, 3.63) is 60.2 Å². The minimum atomic E-state index is 0.0827. The van der Waals surface area contributed by atoms with Crippen LogP contribution in [0.1, 0.15) is 10.4 Å². The smallest absolute Gasteiger partial charge is 0.254 e. The second-order valence-corrected chi connectivity index (χ2v) is 7.59. The van der Waals surface area contributed by atoms with Crippen molar-refractivity contribution in [1.82, 2.24) is 15.1 Å². The fourth-order valence-corrected chi connectivity index (χ4v) is 3.63. The molecule has 0 bridgehead atoms. The van der Waals surface area contributed by atoms with Gasteiger partial charge in [-0.25, -0.2) is 0 Å². The second-order valence-electron chi connectivity index (χ2n) is 7.59. The maximum atomic E-state index is 12.9. The van der Waals surface area contributed by atoms with Crippen LogP contribution in [0.2, 0.25) is 0 Å². The van der Waals surface area contributed by atoms with Crippen molar-refractivity contribution in [2.75, 3.05) is 57.2 Å². The number of rotatable bonds is 5. The predicted molar refractivity (Wildman–Crippen MR) is 119 cm³/mol. The molecule has 1 saturated heterocycles. The van der Waals surface area contributed by atoms with Gasteiger partial charge in [0.1, 0.15) is 5.75 Å². The number of piperazine rings is 1. The van der Waals surface area contributed by atoms with Gasteiger partial charge in [0, 0.05) is 57.6 Å². The highest BCUT2D eigenvalue weighted by molar-refractivity contribution is 5.95. The summed E-state index contributed by atoms with van der Waals surface area (Å²) in [6, 6.07) is 17.7. The Morgan fingerprint density at radius 1 is 1.03 bits per heavy atom. The number of carbonyl (C=O) groups excluding carboxylic acids is 1. The summed E-state index contributed by atoms with van der Waals surface area (Å²) in [5, 5.41) is 7.59. The SMILES string of the molecule is COc1ccc(-c2cc(N3CCN(C(=O)c4cccc(N(C)C)c4)CC3)n[nH]2)cc1. The molecule has 7 nitrogen and oxygen atoms in total. The molecule has 0 unspecified atom stereocenters. The largest absolute Gasteiger partial charge is 0.497 e. The first-order valence-corrected chi connectivity index (χ1v) is 10.1. The predicted octanol–water partition coefficient (Wildman–Crippen LogP) is 3.11. The topological polar surface area (TPSA) is 64.7 Å². The summed E-state index contributed by atoms with van der Waals surface area (Å²) in [5.41, 5.74) is 3.79. The first-order chi connectivity index (χ1) is 14.5. The number of hydrogen-bond acceptors (Lipinski definition) is 5. The summed E-state index contributed by atoms with van der Waals surface area (Å²) < 4.78 is 5.22. The normalized spacial score (nSPS) is 14.0. The number of nitrogens with one attached hydrogen (secondary N) is 1. The molecule has 30 heavy (non-hydrogen) atoms. The molecular weight excluding hydrogens is 378 g/mol. The minimum Gasteiger partial charge on any atom is -0.497 e. The molecular formula is C23H27N5O2. The van der Waals surface area contributed by atoms with Gasteiger partial charge in [-0.05, 0) is 48.0 Å². The van der Waals surface area contributed by atoms with E-state index >= 15 is 0 Å². The van der Waals surface area contributed by atoms with Gasteiger partial charge in [0.05, 0.1) is 12.8 Å². The van der Waals surface area contributed by atoms with E-state index in [1.165, 1.54) is 0 Å². The molecule has 4 rings (SSSR count). The van der Waals surface area contributed by atoms with Crippen LogP contribution in [0.4, 0.5) is 11.5 Å². The maximum Gasteiger partial charge on any atom is 0.254 e. The molecule has 3 aromatic rings. The van der Waals surface area contributed by atoms with Crippen LogP contribution in [0.15, 0.2) is 54.6 Å². The lowest BCUT2D eigenvalue weighted by Gasteiger charge is -2.35. The third kappa shape index (κ3) is 4.10. The molecule has 2 aromatic carbocycles. The Kier molecular flexibility index (Phi) is 5.61. The van der Waals surface area contributed by atoms with E-state index in [4.69, 9.17) is 4.74 Å². The number of benzene rings is 2. The number of methoxy groups -OCH3 is 1. The van der Waals surface area contributed by atoms with Crippen LogP contribution in [0.25, 0.3) is 11.3 Å². The molecule has 2 heterocycles. The molecule has 1 aromatic heterocycles. The number of anilines is 2. The number of aromatic amines is 1. The highest BCUT2D eigenvalue weighted by atomic mass is 16.5. The zero-order valence-corrected chi connectivity index (χ0v) is 17.6. The van der Waals surface area contributed by atoms with Crippen molar-refractivity contribution in [3.63, 3.8) is 0 Å². The fourth-order valence-electron chi connectivity index (χ4n) is 3.63. The van der Waals surface area contributed by atoms with Gasteiger partial charge >= 0.3 is 0 Å². The van der Waals surface area contributed by atoms with Crippen LogP contribution >= 0.6 is 0 Å². The van der Waals surface area contributed by atoms with Crippen LogP contribution in [0, 0.1) is 0 Å². The molecule has 0 aliphatic carbocycles. The number of aromatic nitrogens is 2. The summed E-state index contributed by atoms with van der Waals surface area (Å²) in [5.74, 6) is 1.82. The summed E-state index contributed by atoms with van der Waals surface area (Å²) in [4.78, 5) is 19.1. The van der Waals surface area contributed by atoms with Gasteiger partial charge in [0.25, 0.3) is 5.91 Å². The van der Waals surface area contributed by atoms with Gasteiger partial charge in [-0.2, -0.15) is 5.10 Å². The monoisotopic (exact) mass is 405 g/mol. The van der Waals surface area contributed by atoms with Gasteiger partial charge in [0.15, 0.2) is 5.82 Å². The van der Waals surface area contributed by atoms with Crippen LogP contribution in [-0.2, 0) is 0 Å². The number of hydrogen-bond donors (Lipinski definition) is 1. The molecule has 0 atom stereocenters.